The molecule has 0 aliphatic rings. The van der Waals surface area contributed by atoms with E-state index in [4.69, 9.17) is 25.8 Å². The van der Waals surface area contributed by atoms with Crippen LogP contribution in [0.5, 0.6) is 17.4 Å². The first-order valence-electron chi connectivity index (χ1n) is 9.43. The first kappa shape index (κ1) is 23.0. The minimum Gasteiger partial charge on any atom is -0.463 e. The highest BCUT2D eigenvalue weighted by molar-refractivity contribution is 6.32. The van der Waals surface area contributed by atoms with E-state index in [1.807, 2.05) is 0 Å². The third kappa shape index (κ3) is 4.80. The van der Waals surface area contributed by atoms with Crippen LogP contribution in [0, 0.1) is 12.7 Å². The molecule has 0 aliphatic carbocycles. The Labute approximate surface area is 186 Å². The van der Waals surface area contributed by atoms with Gasteiger partial charge in [0.2, 0.25) is 0 Å². The molecule has 0 N–H and O–H groups in total. The van der Waals surface area contributed by atoms with Gasteiger partial charge in [0.05, 0.1) is 17.3 Å². The van der Waals surface area contributed by atoms with Gasteiger partial charge in [0.15, 0.2) is 12.4 Å². The smallest absolute Gasteiger partial charge is 0.344 e. The Bertz CT molecular complexity index is 1290. The number of hydrogen-bond donors (Lipinski definition) is 0. The Kier molecular flexibility index (Phi) is 6.94. The minimum absolute atomic E-state index is 0.0362. The molecule has 2 aromatic heterocycles. The van der Waals surface area contributed by atoms with Gasteiger partial charge in [-0.25, -0.2) is 23.5 Å². The fourth-order valence-corrected chi connectivity index (χ4v) is 2.92. The number of aryl methyl sites for hydroxylation is 1. The lowest BCUT2D eigenvalue weighted by Crippen LogP contribution is -2.38. The van der Waals surface area contributed by atoms with Crippen molar-refractivity contribution in [1.82, 2.24) is 14.1 Å². The molecule has 0 atom stereocenters. The zero-order valence-electron chi connectivity index (χ0n) is 17.4. The topological polar surface area (TPSA) is 102 Å². The number of hydrogen-bond acceptors (Lipinski definition) is 7. The van der Waals surface area contributed by atoms with Gasteiger partial charge < -0.3 is 18.8 Å². The molecule has 0 fully saturated rings. The van der Waals surface area contributed by atoms with Crippen LogP contribution in [0.3, 0.4) is 0 Å². The van der Waals surface area contributed by atoms with Gasteiger partial charge in [-0.05, 0) is 32.0 Å². The van der Waals surface area contributed by atoms with Crippen LogP contribution in [-0.4, -0.2) is 33.3 Å². The second kappa shape index (κ2) is 9.65. The molecule has 3 aromatic rings. The van der Waals surface area contributed by atoms with Gasteiger partial charge in [0.1, 0.15) is 11.6 Å². The molecule has 9 nitrogen and oxygen atoms in total. The van der Waals surface area contributed by atoms with Gasteiger partial charge in [0, 0.05) is 31.1 Å². The van der Waals surface area contributed by atoms with E-state index in [2.05, 4.69) is 4.98 Å². The third-order valence-corrected chi connectivity index (χ3v) is 4.69. The Morgan fingerprint density at radius 3 is 2.69 bits per heavy atom. The number of ether oxygens (including phenoxy) is 3. The summed E-state index contributed by atoms with van der Waals surface area (Å²) in [5.41, 5.74) is -1.37. The number of nitrogens with zero attached hydrogens (tertiary/aromatic N) is 3. The Hall–Kier alpha value is -3.66. The van der Waals surface area contributed by atoms with Gasteiger partial charge in [0.25, 0.3) is 11.4 Å². The fraction of sp³-hybridized carbons (Fsp3) is 0.238. The summed E-state index contributed by atoms with van der Waals surface area (Å²) in [6.45, 7) is 3.03. The molecule has 168 valence electrons. The SMILES string of the molecule is CCOC(=O)COc1ncccc1Oc1cc(-n2c(=O)cc(C)n(C)c2=O)c(F)cc1Cl. The van der Waals surface area contributed by atoms with Crippen LogP contribution in [0.15, 0.2) is 46.1 Å². The monoisotopic (exact) mass is 463 g/mol. The summed E-state index contributed by atoms with van der Waals surface area (Å²) in [6, 6.07) is 6.29. The van der Waals surface area contributed by atoms with Crippen molar-refractivity contribution in [2.24, 2.45) is 7.05 Å². The zero-order chi connectivity index (χ0) is 23.4. The molecule has 0 unspecified atom stereocenters. The average molecular weight is 464 g/mol. The second-order valence-corrected chi connectivity index (χ2v) is 6.94. The molecule has 0 amide bonds. The van der Waals surface area contributed by atoms with Crippen molar-refractivity contribution in [1.29, 1.82) is 0 Å². The van der Waals surface area contributed by atoms with Crippen LogP contribution in [-0.2, 0) is 16.6 Å². The molecule has 0 saturated carbocycles. The lowest BCUT2D eigenvalue weighted by atomic mass is 10.2. The highest BCUT2D eigenvalue weighted by Crippen LogP contribution is 2.35. The molecule has 0 bridgehead atoms. The molecular formula is C21H19ClFN3O6. The van der Waals surface area contributed by atoms with Crippen LogP contribution in [0.1, 0.15) is 12.6 Å². The molecule has 0 saturated heterocycles. The molecule has 2 heterocycles. The lowest BCUT2D eigenvalue weighted by Gasteiger charge is -2.14. The van der Waals surface area contributed by atoms with E-state index in [9.17, 15) is 18.8 Å². The van der Waals surface area contributed by atoms with E-state index in [0.29, 0.717) is 10.3 Å². The first-order chi connectivity index (χ1) is 15.2. The fourth-order valence-electron chi connectivity index (χ4n) is 2.74. The van der Waals surface area contributed by atoms with E-state index in [1.54, 1.807) is 19.9 Å². The molecule has 0 aliphatic heterocycles. The van der Waals surface area contributed by atoms with Crippen molar-refractivity contribution in [3.8, 4) is 23.1 Å². The maximum Gasteiger partial charge on any atom is 0.344 e. The molecule has 11 heteroatoms. The van der Waals surface area contributed by atoms with Crippen molar-refractivity contribution in [2.75, 3.05) is 13.2 Å². The summed E-state index contributed by atoms with van der Waals surface area (Å²) >= 11 is 6.12. The van der Waals surface area contributed by atoms with Gasteiger partial charge in [-0.15, -0.1) is 0 Å². The Morgan fingerprint density at radius 1 is 1.22 bits per heavy atom. The van der Waals surface area contributed by atoms with E-state index in [0.717, 1.165) is 12.1 Å². The maximum atomic E-state index is 14.7. The second-order valence-electron chi connectivity index (χ2n) is 6.54. The van der Waals surface area contributed by atoms with Crippen LogP contribution >= 0.6 is 11.6 Å². The minimum atomic E-state index is -0.893. The van der Waals surface area contributed by atoms with Crippen molar-refractivity contribution >= 4 is 17.6 Å². The van der Waals surface area contributed by atoms with Gasteiger partial charge in [-0.3, -0.25) is 4.79 Å². The van der Waals surface area contributed by atoms with Crippen molar-refractivity contribution in [3.05, 3.63) is 73.9 Å². The number of halogens is 2. The number of benzene rings is 1. The van der Waals surface area contributed by atoms with Gasteiger partial charge >= 0.3 is 11.7 Å². The quantitative estimate of drug-likeness (QED) is 0.496. The van der Waals surface area contributed by atoms with E-state index in [-0.39, 0.29) is 34.7 Å². The van der Waals surface area contributed by atoms with Gasteiger partial charge in [-0.2, -0.15) is 0 Å². The summed E-state index contributed by atoms with van der Waals surface area (Å²) in [7, 11) is 1.46. The van der Waals surface area contributed by atoms with Crippen molar-refractivity contribution in [3.63, 3.8) is 0 Å². The normalized spacial score (nSPS) is 10.7. The highest BCUT2D eigenvalue weighted by Gasteiger charge is 2.18. The van der Waals surface area contributed by atoms with Crippen LogP contribution in [0.2, 0.25) is 5.02 Å². The Morgan fingerprint density at radius 2 is 1.97 bits per heavy atom. The zero-order valence-corrected chi connectivity index (χ0v) is 18.2. The first-order valence-corrected chi connectivity index (χ1v) is 9.81. The molecule has 0 radical (unpaired) electrons. The highest BCUT2D eigenvalue weighted by atomic mass is 35.5. The predicted octanol–water partition coefficient (Wildman–Crippen LogP) is 2.77. The largest absolute Gasteiger partial charge is 0.463 e. The molecule has 32 heavy (non-hydrogen) atoms. The summed E-state index contributed by atoms with van der Waals surface area (Å²) < 4.78 is 32.4. The molecular weight excluding hydrogens is 445 g/mol. The van der Waals surface area contributed by atoms with E-state index in [1.165, 1.54) is 29.9 Å². The number of esters is 1. The number of carbonyl (C=O) groups excluding carboxylic acids is 1. The maximum absolute atomic E-state index is 14.7. The van der Waals surface area contributed by atoms with Crippen LogP contribution in [0.25, 0.3) is 5.69 Å². The van der Waals surface area contributed by atoms with E-state index < -0.39 is 29.6 Å². The molecule has 3 rings (SSSR count). The lowest BCUT2D eigenvalue weighted by molar-refractivity contribution is -0.145. The van der Waals surface area contributed by atoms with E-state index >= 15 is 0 Å². The third-order valence-electron chi connectivity index (χ3n) is 4.39. The molecule has 0 spiro atoms. The van der Waals surface area contributed by atoms with Crippen molar-refractivity contribution < 1.29 is 23.4 Å². The summed E-state index contributed by atoms with van der Waals surface area (Å²) in [4.78, 5) is 40.6. The van der Waals surface area contributed by atoms with Crippen LogP contribution < -0.4 is 20.7 Å². The molecule has 1 aromatic carbocycles. The van der Waals surface area contributed by atoms with Crippen molar-refractivity contribution in [2.45, 2.75) is 13.8 Å². The standard InChI is InChI=1S/C21H19ClFN3O6/c1-4-30-19(28)11-31-20-16(6-5-7-24-20)32-17-10-15(14(23)9-13(17)22)26-18(27)8-12(2)25(3)21(26)29/h5-10H,4,11H2,1-3H3. The Balaban J connectivity index is 2.01. The number of rotatable bonds is 7. The predicted molar refractivity (Wildman–Crippen MR) is 113 cm³/mol. The number of pyridine rings is 1. The number of carbonyl (C=O) groups is 1. The van der Waals surface area contributed by atoms with Crippen LogP contribution in [0.4, 0.5) is 4.39 Å². The summed E-state index contributed by atoms with van der Waals surface area (Å²) in [5.74, 6) is -1.52. The van der Waals surface area contributed by atoms with Gasteiger partial charge in [-0.1, -0.05) is 11.6 Å². The number of aromatic nitrogens is 3. The average Bonchev–Trinajstić information content (AvgIpc) is 2.74. The summed E-state index contributed by atoms with van der Waals surface area (Å²) in [5, 5.41) is -0.122. The summed E-state index contributed by atoms with van der Waals surface area (Å²) in [6.07, 6.45) is 1.42.